The molecule has 0 bridgehead atoms. The van der Waals surface area contributed by atoms with Crippen LogP contribution in [0.5, 0.6) is 11.5 Å². The molecule has 0 amide bonds. The van der Waals surface area contributed by atoms with Crippen LogP contribution in [0.2, 0.25) is 0 Å². The van der Waals surface area contributed by atoms with Crippen LogP contribution in [-0.4, -0.2) is 22.5 Å². The minimum atomic E-state index is 0.217. The van der Waals surface area contributed by atoms with Crippen LogP contribution in [0.3, 0.4) is 0 Å². The zero-order chi connectivity index (χ0) is 20.8. The summed E-state index contributed by atoms with van der Waals surface area (Å²) in [6.07, 6.45) is 5.25. The van der Waals surface area contributed by atoms with Gasteiger partial charge in [-0.2, -0.15) is 0 Å². The second-order valence-electron chi connectivity index (χ2n) is 7.50. The number of ether oxygens (including phenoxy) is 1. The Balaban J connectivity index is 1.25. The molecule has 4 rings (SSSR count). The zero-order valence-corrected chi connectivity index (χ0v) is 17.2. The highest BCUT2D eigenvalue weighted by Gasteiger charge is 2.15. The topological polar surface area (TPSA) is 82.9 Å². The Hall–Kier alpha value is -3.41. The molecule has 0 atom stereocenters. The predicted octanol–water partition coefficient (Wildman–Crippen LogP) is 4.64. The third kappa shape index (κ3) is 5.14. The minimum Gasteiger partial charge on any atom is -0.457 e. The normalized spacial score (nSPS) is 12.7. The van der Waals surface area contributed by atoms with Crippen molar-refractivity contribution in [3.05, 3.63) is 77.1 Å². The van der Waals surface area contributed by atoms with E-state index in [0.29, 0.717) is 12.5 Å². The number of aryl methyl sites for hydroxylation is 2. The number of rotatable bonds is 6. The molecule has 0 saturated heterocycles. The largest absolute Gasteiger partial charge is 0.457 e. The molecule has 154 valence electrons. The van der Waals surface area contributed by atoms with E-state index in [0.717, 1.165) is 42.1 Å². The molecule has 0 spiro atoms. The summed E-state index contributed by atoms with van der Waals surface area (Å²) >= 11 is 0. The first-order valence-corrected chi connectivity index (χ1v) is 10.4. The van der Waals surface area contributed by atoms with Gasteiger partial charge in [0.05, 0.1) is 0 Å². The van der Waals surface area contributed by atoms with Crippen LogP contribution in [-0.2, 0) is 19.3 Å². The fourth-order valence-electron chi connectivity index (χ4n) is 3.67. The van der Waals surface area contributed by atoms with Gasteiger partial charge in [-0.1, -0.05) is 30.3 Å². The van der Waals surface area contributed by atoms with E-state index in [1.54, 1.807) is 0 Å². The van der Waals surface area contributed by atoms with Crippen LogP contribution in [0.25, 0.3) is 0 Å². The van der Waals surface area contributed by atoms with E-state index in [-0.39, 0.29) is 5.96 Å². The standard InChI is InChI=1S/C24H27N5O/c1-17-21-9-5-6-10-22(21)28-24(27-17)29-23(25)26-16-15-18-11-13-20(14-12-18)30-19-7-3-2-4-8-19/h2-4,7-8,11-14H,5-6,9-10,15-16H2,1H3,(H3,25,26,27,28,29). The molecule has 6 heteroatoms. The summed E-state index contributed by atoms with van der Waals surface area (Å²) < 4.78 is 5.82. The van der Waals surface area contributed by atoms with Crippen LogP contribution >= 0.6 is 0 Å². The molecule has 1 aromatic heterocycles. The van der Waals surface area contributed by atoms with Gasteiger partial charge in [0.15, 0.2) is 5.96 Å². The van der Waals surface area contributed by atoms with Crippen LogP contribution in [0.4, 0.5) is 5.95 Å². The highest BCUT2D eigenvalue weighted by molar-refractivity contribution is 5.89. The van der Waals surface area contributed by atoms with Gasteiger partial charge in [-0.05, 0) is 74.4 Å². The quantitative estimate of drug-likeness (QED) is 0.414. The number of anilines is 1. The van der Waals surface area contributed by atoms with Gasteiger partial charge in [-0.3, -0.25) is 10.7 Å². The average Bonchev–Trinajstić information content (AvgIpc) is 2.76. The number of nitrogens with zero attached hydrogens (tertiary/aromatic N) is 2. The number of hydrogen-bond donors (Lipinski definition) is 3. The fraction of sp³-hybridized carbons (Fsp3) is 0.292. The number of para-hydroxylation sites is 1. The third-order valence-corrected chi connectivity index (χ3v) is 5.24. The SMILES string of the molecule is Cc1nc(NC(=N)NCCc2ccc(Oc3ccccc3)cc2)nc2c1CCCC2. The molecular weight excluding hydrogens is 374 g/mol. The summed E-state index contributed by atoms with van der Waals surface area (Å²) in [5, 5.41) is 14.2. The number of fused-ring (bicyclic) bond motifs is 1. The van der Waals surface area contributed by atoms with Crippen molar-refractivity contribution in [2.45, 2.75) is 39.0 Å². The van der Waals surface area contributed by atoms with Gasteiger partial charge in [0.1, 0.15) is 11.5 Å². The molecule has 1 aliphatic rings. The van der Waals surface area contributed by atoms with Crippen LogP contribution in [0.1, 0.15) is 35.4 Å². The number of benzene rings is 2. The smallest absolute Gasteiger partial charge is 0.229 e. The molecule has 0 fully saturated rings. The molecule has 3 aromatic rings. The van der Waals surface area contributed by atoms with Crippen molar-refractivity contribution in [2.24, 2.45) is 0 Å². The summed E-state index contributed by atoms with van der Waals surface area (Å²) in [4.78, 5) is 9.13. The first-order valence-electron chi connectivity index (χ1n) is 10.4. The Bertz CT molecular complexity index is 1000. The summed E-state index contributed by atoms with van der Waals surface area (Å²) in [6.45, 7) is 2.67. The molecule has 0 radical (unpaired) electrons. The van der Waals surface area contributed by atoms with Crippen molar-refractivity contribution < 1.29 is 4.74 Å². The number of hydrogen-bond acceptors (Lipinski definition) is 4. The minimum absolute atomic E-state index is 0.217. The lowest BCUT2D eigenvalue weighted by Gasteiger charge is -2.18. The summed E-state index contributed by atoms with van der Waals surface area (Å²) in [7, 11) is 0. The second-order valence-corrected chi connectivity index (χ2v) is 7.50. The van der Waals surface area contributed by atoms with Crippen LogP contribution in [0, 0.1) is 12.3 Å². The Morgan fingerprint density at radius 2 is 1.70 bits per heavy atom. The lowest BCUT2D eigenvalue weighted by Crippen LogP contribution is -2.32. The van der Waals surface area contributed by atoms with E-state index in [4.69, 9.17) is 10.1 Å². The summed E-state index contributed by atoms with van der Waals surface area (Å²) in [5.74, 6) is 2.36. The molecular formula is C24H27N5O. The second kappa shape index (κ2) is 9.39. The van der Waals surface area contributed by atoms with E-state index < -0.39 is 0 Å². The first-order chi connectivity index (χ1) is 14.7. The van der Waals surface area contributed by atoms with Crippen molar-refractivity contribution in [1.29, 1.82) is 5.41 Å². The van der Waals surface area contributed by atoms with Gasteiger partial charge in [-0.15, -0.1) is 0 Å². The number of aromatic nitrogens is 2. The van der Waals surface area contributed by atoms with E-state index in [1.807, 2.05) is 61.5 Å². The Morgan fingerprint density at radius 1 is 0.967 bits per heavy atom. The molecule has 30 heavy (non-hydrogen) atoms. The van der Waals surface area contributed by atoms with Crippen molar-refractivity contribution in [3.63, 3.8) is 0 Å². The monoisotopic (exact) mass is 401 g/mol. The van der Waals surface area contributed by atoms with Gasteiger partial charge >= 0.3 is 0 Å². The lowest BCUT2D eigenvalue weighted by atomic mass is 9.95. The van der Waals surface area contributed by atoms with Crippen molar-refractivity contribution >= 4 is 11.9 Å². The van der Waals surface area contributed by atoms with E-state index in [1.165, 1.54) is 24.0 Å². The van der Waals surface area contributed by atoms with Crippen LogP contribution < -0.4 is 15.4 Å². The predicted molar refractivity (Wildman–Crippen MR) is 119 cm³/mol. The van der Waals surface area contributed by atoms with Crippen molar-refractivity contribution in [3.8, 4) is 11.5 Å². The molecule has 3 N–H and O–H groups in total. The van der Waals surface area contributed by atoms with Gasteiger partial charge < -0.3 is 10.1 Å². The lowest BCUT2D eigenvalue weighted by molar-refractivity contribution is 0.482. The van der Waals surface area contributed by atoms with Gasteiger partial charge in [0.2, 0.25) is 5.95 Å². The van der Waals surface area contributed by atoms with Gasteiger partial charge in [0.25, 0.3) is 0 Å². The number of guanidine groups is 1. The van der Waals surface area contributed by atoms with Gasteiger partial charge in [0, 0.05) is 17.9 Å². The average molecular weight is 402 g/mol. The Morgan fingerprint density at radius 3 is 2.50 bits per heavy atom. The Kier molecular flexibility index (Phi) is 6.23. The molecule has 2 aromatic carbocycles. The highest BCUT2D eigenvalue weighted by Crippen LogP contribution is 2.23. The molecule has 6 nitrogen and oxygen atoms in total. The maximum atomic E-state index is 8.14. The molecule has 1 aliphatic carbocycles. The van der Waals surface area contributed by atoms with Crippen molar-refractivity contribution in [1.82, 2.24) is 15.3 Å². The van der Waals surface area contributed by atoms with E-state index in [9.17, 15) is 0 Å². The Labute approximate surface area is 177 Å². The third-order valence-electron chi connectivity index (χ3n) is 5.24. The fourth-order valence-corrected chi connectivity index (χ4v) is 3.67. The summed E-state index contributed by atoms with van der Waals surface area (Å²) in [5.41, 5.74) is 4.61. The van der Waals surface area contributed by atoms with E-state index >= 15 is 0 Å². The highest BCUT2D eigenvalue weighted by atomic mass is 16.5. The molecule has 0 saturated carbocycles. The summed E-state index contributed by atoms with van der Waals surface area (Å²) in [6, 6.07) is 17.8. The van der Waals surface area contributed by atoms with E-state index in [2.05, 4.69) is 20.6 Å². The zero-order valence-electron chi connectivity index (χ0n) is 17.2. The maximum absolute atomic E-state index is 8.14. The van der Waals surface area contributed by atoms with Crippen molar-refractivity contribution in [2.75, 3.05) is 11.9 Å². The van der Waals surface area contributed by atoms with Crippen LogP contribution in [0.15, 0.2) is 54.6 Å². The number of nitrogens with one attached hydrogen (secondary N) is 3. The molecule has 0 unspecified atom stereocenters. The molecule has 1 heterocycles. The maximum Gasteiger partial charge on any atom is 0.229 e. The first kappa shape index (κ1) is 19.9. The molecule has 0 aliphatic heterocycles. The van der Waals surface area contributed by atoms with Gasteiger partial charge in [-0.25, -0.2) is 9.97 Å².